The van der Waals surface area contributed by atoms with E-state index in [1.165, 1.54) is 12.1 Å². The maximum Gasteiger partial charge on any atom is 0.243 e. The lowest BCUT2D eigenvalue weighted by molar-refractivity contribution is -0.122. The highest BCUT2D eigenvalue weighted by molar-refractivity contribution is 7.71. The van der Waals surface area contributed by atoms with Crippen molar-refractivity contribution in [2.24, 2.45) is 5.73 Å². The zero-order valence-electron chi connectivity index (χ0n) is 9.78. The third-order valence-electron chi connectivity index (χ3n) is 2.52. The number of carbonyl (C=O) groups is 1. The molecule has 3 N–H and O–H groups in total. The minimum atomic E-state index is -0.535. The average molecular weight is 304 g/mol. The summed E-state index contributed by atoms with van der Waals surface area (Å²) in [6, 6.07) is 2.78. The zero-order chi connectivity index (χ0) is 14.0. The second kappa shape index (κ2) is 5.68. The van der Waals surface area contributed by atoms with E-state index in [1.807, 2.05) is 0 Å². The number of aromatic amines is 1. The first-order chi connectivity index (χ1) is 8.99. The van der Waals surface area contributed by atoms with Crippen LogP contribution in [-0.4, -0.2) is 28.7 Å². The molecule has 1 heterocycles. The predicted octanol–water partition coefficient (Wildman–Crippen LogP) is 1.99. The first-order valence-electron chi connectivity index (χ1n) is 5.42. The number of primary amides is 1. The number of halogens is 2. The molecule has 0 saturated heterocycles. The molecule has 0 aliphatic heterocycles. The number of rotatable bonds is 5. The number of fused-ring (bicyclic) bond motifs is 1. The largest absolute Gasteiger partial charge is 0.370 e. The van der Waals surface area contributed by atoms with E-state index in [2.05, 4.69) is 4.98 Å². The molecule has 0 aliphatic carbocycles. The Kier molecular flexibility index (Phi) is 4.18. The highest BCUT2D eigenvalue weighted by Crippen LogP contribution is 2.22. The van der Waals surface area contributed by atoms with Crippen LogP contribution in [0.4, 0.5) is 4.39 Å². The zero-order valence-corrected chi connectivity index (χ0v) is 11.4. The van der Waals surface area contributed by atoms with Crippen molar-refractivity contribution in [1.82, 2.24) is 9.55 Å². The van der Waals surface area contributed by atoms with Crippen LogP contribution < -0.4 is 5.73 Å². The van der Waals surface area contributed by atoms with Crippen LogP contribution in [0.3, 0.4) is 0 Å². The van der Waals surface area contributed by atoms with E-state index in [0.29, 0.717) is 22.3 Å². The molecule has 1 aromatic carbocycles. The highest BCUT2D eigenvalue weighted by Gasteiger charge is 2.09. The fraction of sp³-hybridized carbons (Fsp3) is 0.273. The Balaban J connectivity index is 2.23. The van der Waals surface area contributed by atoms with Crippen molar-refractivity contribution in [3.8, 4) is 0 Å². The maximum absolute atomic E-state index is 13.3. The molecule has 8 heteroatoms. The Morgan fingerprint density at radius 2 is 2.32 bits per heavy atom. The Labute approximate surface area is 118 Å². The van der Waals surface area contributed by atoms with Crippen molar-refractivity contribution in [3.63, 3.8) is 0 Å². The Morgan fingerprint density at radius 1 is 1.58 bits per heavy atom. The summed E-state index contributed by atoms with van der Waals surface area (Å²) < 4.78 is 20.5. The molecule has 0 bridgehead atoms. The van der Waals surface area contributed by atoms with Crippen LogP contribution in [0.1, 0.15) is 0 Å². The van der Waals surface area contributed by atoms with Crippen molar-refractivity contribution >= 4 is 40.8 Å². The third-order valence-corrected chi connectivity index (χ3v) is 3.13. The molecule has 0 atom stereocenters. The molecule has 0 spiro atoms. The van der Waals surface area contributed by atoms with Crippen LogP contribution in [0.5, 0.6) is 0 Å². The first-order valence-corrected chi connectivity index (χ1v) is 6.21. The van der Waals surface area contributed by atoms with Gasteiger partial charge in [-0.3, -0.25) is 4.79 Å². The van der Waals surface area contributed by atoms with Crippen LogP contribution in [-0.2, 0) is 16.1 Å². The first kappa shape index (κ1) is 14.0. The Hall–Kier alpha value is -1.44. The van der Waals surface area contributed by atoms with Crippen molar-refractivity contribution in [2.75, 3.05) is 13.2 Å². The van der Waals surface area contributed by atoms with Gasteiger partial charge < -0.3 is 20.0 Å². The normalized spacial score (nSPS) is 11.1. The molecular weight excluding hydrogens is 293 g/mol. The number of nitrogens with zero attached hydrogens (tertiary/aromatic N) is 1. The van der Waals surface area contributed by atoms with Gasteiger partial charge in [0.1, 0.15) is 12.4 Å². The maximum atomic E-state index is 13.3. The smallest absolute Gasteiger partial charge is 0.243 e. The van der Waals surface area contributed by atoms with Gasteiger partial charge >= 0.3 is 0 Å². The summed E-state index contributed by atoms with van der Waals surface area (Å²) in [5.74, 6) is -1.05. The van der Waals surface area contributed by atoms with E-state index < -0.39 is 11.7 Å². The van der Waals surface area contributed by atoms with Gasteiger partial charge in [0.05, 0.1) is 22.7 Å². The van der Waals surface area contributed by atoms with Gasteiger partial charge in [-0.05, 0) is 18.3 Å². The standard InChI is InChI=1S/C11H11ClFN3O2S/c12-6-3-9-8(4-7(6)13)15-11(19)16(9)1-2-18-5-10(14)17/h3-4H,1-2,5H2,(H2,14,17)(H,15,19). The van der Waals surface area contributed by atoms with Gasteiger partial charge in [-0.2, -0.15) is 0 Å². The number of nitrogens with two attached hydrogens (primary N) is 1. The van der Waals surface area contributed by atoms with E-state index in [-0.39, 0.29) is 18.2 Å². The van der Waals surface area contributed by atoms with Gasteiger partial charge in [-0.25, -0.2) is 4.39 Å². The predicted molar refractivity (Wildman–Crippen MR) is 72.1 cm³/mol. The van der Waals surface area contributed by atoms with Crippen LogP contribution in [0, 0.1) is 10.6 Å². The number of aromatic nitrogens is 2. The fourth-order valence-electron chi connectivity index (χ4n) is 1.70. The molecule has 0 fully saturated rings. The van der Waals surface area contributed by atoms with Crippen molar-refractivity contribution in [3.05, 3.63) is 27.7 Å². The van der Waals surface area contributed by atoms with E-state index >= 15 is 0 Å². The van der Waals surface area contributed by atoms with E-state index in [0.717, 1.165) is 0 Å². The Bertz CT molecular complexity index is 682. The van der Waals surface area contributed by atoms with Crippen LogP contribution in [0.2, 0.25) is 5.02 Å². The summed E-state index contributed by atoms with van der Waals surface area (Å²) in [6.07, 6.45) is 0. The summed E-state index contributed by atoms with van der Waals surface area (Å²) >= 11 is 10.9. The van der Waals surface area contributed by atoms with Crippen LogP contribution in [0.25, 0.3) is 11.0 Å². The van der Waals surface area contributed by atoms with Gasteiger partial charge in [0.2, 0.25) is 5.91 Å². The third kappa shape index (κ3) is 3.12. The number of hydrogen-bond acceptors (Lipinski definition) is 3. The molecule has 1 amide bonds. The van der Waals surface area contributed by atoms with Gasteiger partial charge in [0, 0.05) is 12.6 Å². The highest BCUT2D eigenvalue weighted by atomic mass is 35.5. The summed E-state index contributed by atoms with van der Waals surface area (Å²) in [6.45, 7) is 0.526. The minimum Gasteiger partial charge on any atom is -0.370 e. The molecule has 102 valence electrons. The fourth-order valence-corrected chi connectivity index (χ4v) is 2.16. The van der Waals surface area contributed by atoms with Crippen LogP contribution >= 0.6 is 23.8 Å². The van der Waals surface area contributed by atoms with Gasteiger partial charge in [0.25, 0.3) is 0 Å². The monoisotopic (exact) mass is 303 g/mol. The molecular formula is C11H11ClFN3O2S. The molecule has 5 nitrogen and oxygen atoms in total. The number of benzene rings is 1. The second-order valence-corrected chi connectivity index (χ2v) is 4.68. The second-order valence-electron chi connectivity index (χ2n) is 3.88. The average Bonchev–Trinajstić information content (AvgIpc) is 2.61. The topological polar surface area (TPSA) is 73.0 Å². The number of carbonyl (C=O) groups excluding carboxylic acids is 1. The summed E-state index contributed by atoms with van der Waals surface area (Å²) in [5, 5.41) is 0.0216. The van der Waals surface area contributed by atoms with E-state index in [9.17, 15) is 9.18 Å². The lowest BCUT2D eigenvalue weighted by Crippen LogP contribution is -2.19. The molecule has 0 aliphatic rings. The van der Waals surface area contributed by atoms with Gasteiger partial charge in [0.15, 0.2) is 4.77 Å². The molecule has 0 unspecified atom stereocenters. The molecule has 2 aromatic rings. The number of nitrogens with one attached hydrogen (secondary N) is 1. The number of ether oxygens (including phenoxy) is 1. The summed E-state index contributed by atoms with van der Waals surface area (Å²) in [7, 11) is 0. The van der Waals surface area contributed by atoms with Gasteiger partial charge in [-0.1, -0.05) is 11.6 Å². The minimum absolute atomic E-state index is 0.0216. The molecule has 0 saturated carbocycles. The van der Waals surface area contributed by atoms with E-state index in [4.69, 9.17) is 34.3 Å². The number of amides is 1. The van der Waals surface area contributed by atoms with Crippen molar-refractivity contribution in [2.45, 2.75) is 6.54 Å². The van der Waals surface area contributed by atoms with Crippen molar-refractivity contribution < 1.29 is 13.9 Å². The summed E-state index contributed by atoms with van der Waals surface area (Å²) in [4.78, 5) is 13.4. The Morgan fingerprint density at radius 3 is 3.00 bits per heavy atom. The SMILES string of the molecule is NC(=O)COCCn1c(=S)[nH]c2cc(F)c(Cl)cc21. The summed E-state index contributed by atoms with van der Waals surface area (Å²) in [5.41, 5.74) is 6.19. The number of H-pyrrole nitrogens is 1. The molecule has 2 rings (SSSR count). The van der Waals surface area contributed by atoms with Gasteiger partial charge in [-0.15, -0.1) is 0 Å². The number of hydrogen-bond donors (Lipinski definition) is 2. The lowest BCUT2D eigenvalue weighted by atomic mass is 10.3. The lowest BCUT2D eigenvalue weighted by Gasteiger charge is -2.05. The molecule has 19 heavy (non-hydrogen) atoms. The van der Waals surface area contributed by atoms with E-state index in [1.54, 1.807) is 4.57 Å². The number of imidazole rings is 1. The molecule has 1 aromatic heterocycles. The van der Waals surface area contributed by atoms with Crippen molar-refractivity contribution in [1.29, 1.82) is 0 Å². The molecule has 0 radical (unpaired) electrons. The quantitative estimate of drug-likeness (QED) is 0.655. The van der Waals surface area contributed by atoms with Crippen LogP contribution in [0.15, 0.2) is 12.1 Å².